The lowest BCUT2D eigenvalue weighted by Crippen LogP contribution is -2.34. The normalized spacial score (nSPS) is 11.8. The molecule has 0 fully saturated rings. The molecule has 0 spiro atoms. The second-order valence-electron chi connectivity index (χ2n) is 7.15. The van der Waals surface area contributed by atoms with Gasteiger partial charge in [-0.2, -0.15) is 0 Å². The van der Waals surface area contributed by atoms with Gasteiger partial charge in [-0.15, -0.1) is 0 Å². The molecule has 0 aromatic heterocycles. The maximum atomic E-state index is 12.2. The molecular weight excluding hydrogens is 332 g/mol. The van der Waals surface area contributed by atoms with Crippen LogP contribution in [0.5, 0.6) is 0 Å². The Bertz CT molecular complexity index is 611. The first-order chi connectivity index (χ1) is 10.9. The molecule has 0 radical (unpaired) electrons. The summed E-state index contributed by atoms with van der Waals surface area (Å²) < 4.78 is 10.3. The maximum Gasteiger partial charge on any atom is 0.312 e. The predicted molar refractivity (Wildman–Crippen MR) is 91.0 cm³/mol. The summed E-state index contributed by atoms with van der Waals surface area (Å²) in [5.74, 6) is -1.46. The number of carbonyl (C=O) groups excluding carboxylic acids is 3. The van der Waals surface area contributed by atoms with Gasteiger partial charge in [0.05, 0.1) is 11.8 Å². The lowest BCUT2D eigenvalue weighted by molar-refractivity contribution is -0.165. The molecule has 0 heterocycles. The Labute approximate surface area is 147 Å². The molecule has 0 atom stereocenters. The highest BCUT2D eigenvalue weighted by Gasteiger charge is 2.34. The largest absolute Gasteiger partial charge is 0.460 e. The Morgan fingerprint density at radius 1 is 1.00 bits per heavy atom. The van der Waals surface area contributed by atoms with Gasteiger partial charge in [-0.25, -0.2) is 0 Å². The van der Waals surface area contributed by atoms with Gasteiger partial charge in [0, 0.05) is 10.6 Å². The van der Waals surface area contributed by atoms with Crippen LogP contribution in [0.25, 0.3) is 0 Å². The summed E-state index contributed by atoms with van der Waals surface area (Å²) >= 11 is 5.76. The maximum absolute atomic E-state index is 12.2. The van der Waals surface area contributed by atoms with E-state index >= 15 is 0 Å². The SMILES string of the molecule is CC(C)(C)OC(=O)CC(C)(C)C(=O)OCC(=O)c1ccc(Cl)cc1. The number of hydrogen-bond donors (Lipinski definition) is 0. The highest BCUT2D eigenvalue weighted by molar-refractivity contribution is 6.30. The van der Waals surface area contributed by atoms with Crippen molar-refractivity contribution in [2.75, 3.05) is 6.61 Å². The Balaban J connectivity index is 2.57. The Hall–Kier alpha value is -1.88. The molecule has 0 aliphatic heterocycles. The zero-order valence-electron chi connectivity index (χ0n) is 14.6. The zero-order valence-corrected chi connectivity index (χ0v) is 15.4. The molecule has 0 unspecified atom stereocenters. The number of Topliss-reactive ketones (excluding diaryl/α,β-unsaturated/α-hetero) is 1. The van der Waals surface area contributed by atoms with Crippen molar-refractivity contribution in [2.45, 2.75) is 46.6 Å². The third kappa shape index (κ3) is 6.71. The molecule has 0 aliphatic carbocycles. The summed E-state index contributed by atoms with van der Waals surface area (Å²) in [7, 11) is 0. The van der Waals surface area contributed by atoms with Gasteiger partial charge in [-0.3, -0.25) is 14.4 Å². The molecule has 0 amide bonds. The van der Waals surface area contributed by atoms with Gasteiger partial charge < -0.3 is 9.47 Å². The second kappa shape index (κ2) is 7.79. The average molecular weight is 355 g/mol. The molecule has 1 rings (SSSR count). The monoisotopic (exact) mass is 354 g/mol. The summed E-state index contributed by atoms with van der Waals surface area (Å²) in [6.45, 7) is 8.01. The van der Waals surface area contributed by atoms with Gasteiger partial charge in [0.15, 0.2) is 12.4 Å². The molecule has 0 saturated heterocycles. The summed E-state index contributed by atoms with van der Waals surface area (Å²) in [6, 6.07) is 6.29. The molecule has 0 saturated carbocycles. The van der Waals surface area contributed by atoms with Crippen LogP contribution in [0.2, 0.25) is 5.02 Å². The van der Waals surface area contributed by atoms with E-state index in [0.29, 0.717) is 10.6 Å². The van der Waals surface area contributed by atoms with Gasteiger partial charge in [-0.05, 0) is 58.9 Å². The molecule has 1 aromatic rings. The zero-order chi connectivity index (χ0) is 18.5. The molecule has 24 heavy (non-hydrogen) atoms. The molecule has 132 valence electrons. The second-order valence-corrected chi connectivity index (χ2v) is 7.59. The van der Waals surface area contributed by atoms with Crippen LogP contribution >= 0.6 is 11.6 Å². The van der Waals surface area contributed by atoms with Crippen LogP contribution in [0.3, 0.4) is 0 Å². The third-order valence-electron chi connectivity index (χ3n) is 3.06. The van der Waals surface area contributed by atoms with Crippen molar-refractivity contribution in [3.63, 3.8) is 0 Å². The minimum atomic E-state index is -1.08. The smallest absolute Gasteiger partial charge is 0.312 e. The van der Waals surface area contributed by atoms with E-state index < -0.39 is 29.6 Å². The summed E-state index contributed by atoms with van der Waals surface area (Å²) in [5, 5.41) is 0.516. The number of rotatable bonds is 6. The highest BCUT2D eigenvalue weighted by Crippen LogP contribution is 2.24. The first kappa shape index (κ1) is 20.2. The molecule has 1 aromatic carbocycles. The van der Waals surface area contributed by atoms with E-state index in [1.807, 2.05) is 0 Å². The van der Waals surface area contributed by atoms with Crippen LogP contribution in [0.15, 0.2) is 24.3 Å². The first-order valence-corrected chi connectivity index (χ1v) is 7.96. The molecule has 0 aliphatic rings. The van der Waals surface area contributed by atoms with E-state index in [4.69, 9.17) is 21.1 Å². The Kier molecular flexibility index (Phi) is 6.55. The van der Waals surface area contributed by atoms with Crippen molar-refractivity contribution in [3.05, 3.63) is 34.9 Å². The Morgan fingerprint density at radius 3 is 2.04 bits per heavy atom. The van der Waals surface area contributed by atoms with E-state index in [-0.39, 0.29) is 12.2 Å². The van der Waals surface area contributed by atoms with Crippen LogP contribution in [0.4, 0.5) is 0 Å². The van der Waals surface area contributed by atoms with Crippen LogP contribution in [-0.4, -0.2) is 29.9 Å². The van der Waals surface area contributed by atoms with Crippen molar-refractivity contribution in [1.82, 2.24) is 0 Å². The van der Waals surface area contributed by atoms with Crippen LogP contribution in [0, 0.1) is 5.41 Å². The van der Waals surface area contributed by atoms with Crippen molar-refractivity contribution in [1.29, 1.82) is 0 Å². The quantitative estimate of drug-likeness (QED) is 0.573. The van der Waals surface area contributed by atoms with Gasteiger partial charge >= 0.3 is 11.9 Å². The number of benzene rings is 1. The van der Waals surface area contributed by atoms with E-state index in [1.54, 1.807) is 58.9 Å². The fourth-order valence-electron chi connectivity index (χ4n) is 1.86. The molecular formula is C18H23ClO5. The molecule has 6 heteroatoms. The van der Waals surface area contributed by atoms with Crippen LogP contribution < -0.4 is 0 Å². The van der Waals surface area contributed by atoms with Gasteiger partial charge in [0.2, 0.25) is 0 Å². The summed E-state index contributed by atoms with van der Waals surface area (Å²) in [5.41, 5.74) is -1.30. The number of hydrogen-bond acceptors (Lipinski definition) is 5. The first-order valence-electron chi connectivity index (χ1n) is 7.58. The fourth-order valence-corrected chi connectivity index (χ4v) is 1.98. The van der Waals surface area contributed by atoms with Crippen LogP contribution in [-0.2, 0) is 19.1 Å². The van der Waals surface area contributed by atoms with Crippen molar-refractivity contribution >= 4 is 29.3 Å². The van der Waals surface area contributed by atoms with E-state index in [9.17, 15) is 14.4 Å². The average Bonchev–Trinajstić information content (AvgIpc) is 2.42. The van der Waals surface area contributed by atoms with Crippen molar-refractivity contribution in [2.24, 2.45) is 5.41 Å². The number of halogens is 1. The van der Waals surface area contributed by atoms with Crippen molar-refractivity contribution < 1.29 is 23.9 Å². The highest BCUT2D eigenvalue weighted by atomic mass is 35.5. The fraction of sp³-hybridized carbons (Fsp3) is 0.500. The summed E-state index contributed by atoms with van der Waals surface area (Å²) in [6.07, 6.45) is -0.127. The molecule has 5 nitrogen and oxygen atoms in total. The minimum Gasteiger partial charge on any atom is -0.460 e. The lowest BCUT2D eigenvalue weighted by Gasteiger charge is -2.25. The minimum absolute atomic E-state index is 0.127. The number of ketones is 1. The summed E-state index contributed by atoms with van der Waals surface area (Å²) in [4.78, 5) is 36.0. The lowest BCUT2D eigenvalue weighted by atomic mass is 9.89. The molecule has 0 N–H and O–H groups in total. The third-order valence-corrected chi connectivity index (χ3v) is 3.31. The van der Waals surface area contributed by atoms with E-state index in [0.717, 1.165) is 0 Å². The van der Waals surface area contributed by atoms with Crippen molar-refractivity contribution in [3.8, 4) is 0 Å². The Morgan fingerprint density at radius 2 is 1.54 bits per heavy atom. The number of esters is 2. The number of ether oxygens (including phenoxy) is 2. The van der Waals surface area contributed by atoms with E-state index in [1.165, 1.54) is 0 Å². The standard InChI is InChI=1S/C18H23ClO5/c1-17(2,3)24-15(21)10-18(4,5)16(22)23-11-14(20)12-6-8-13(19)9-7-12/h6-9H,10-11H2,1-5H3. The topological polar surface area (TPSA) is 69.7 Å². The predicted octanol–water partition coefficient (Wildman–Crippen LogP) is 3.82. The van der Waals surface area contributed by atoms with Crippen LogP contribution in [0.1, 0.15) is 51.4 Å². The van der Waals surface area contributed by atoms with Gasteiger partial charge in [-0.1, -0.05) is 11.6 Å². The van der Waals surface area contributed by atoms with E-state index in [2.05, 4.69) is 0 Å². The van der Waals surface area contributed by atoms with Gasteiger partial charge in [0.1, 0.15) is 5.60 Å². The van der Waals surface area contributed by atoms with Gasteiger partial charge in [0.25, 0.3) is 0 Å². The molecule has 0 bridgehead atoms. The number of carbonyl (C=O) groups is 3.